The van der Waals surface area contributed by atoms with Crippen molar-refractivity contribution in [1.29, 1.82) is 0 Å². The molecule has 0 aromatic heterocycles. The minimum Gasteiger partial charge on any atom is -0.300 e. The van der Waals surface area contributed by atoms with Crippen LogP contribution in [0.15, 0.2) is 23.1 Å². The maximum absolute atomic E-state index is 12.8. The number of sulfone groups is 1. The Morgan fingerprint density at radius 3 is 2.50 bits per heavy atom. The monoisotopic (exact) mass is 349 g/mol. The van der Waals surface area contributed by atoms with Gasteiger partial charge in [-0.2, -0.15) is 0 Å². The summed E-state index contributed by atoms with van der Waals surface area (Å²) in [6.45, 7) is 4.78. The lowest BCUT2D eigenvalue weighted by Gasteiger charge is -2.21. The summed E-state index contributed by atoms with van der Waals surface area (Å²) in [4.78, 5) is 14.9. The van der Waals surface area contributed by atoms with Gasteiger partial charge in [-0.1, -0.05) is 19.3 Å². The average Bonchev–Trinajstić information content (AvgIpc) is 3.37. The lowest BCUT2D eigenvalue weighted by atomic mass is 9.91. The Morgan fingerprint density at radius 2 is 1.83 bits per heavy atom. The molecule has 0 N–H and O–H groups in total. The summed E-state index contributed by atoms with van der Waals surface area (Å²) < 4.78 is 25.6. The van der Waals surface area contributed by atoms with Gasteiger partial charge in [-0.05, 0) is 49.4 Å². The van der Waals surface area contributed by atoms with E-state index < -0.39 is 9.84 Å². The van der Waals surface area contributed by atoms with Crippen molar-refractivity contribution in [3.8, 4) is 0 Å². The number of aryl methyl sites for hydroxylation is 1. The van der Waals surface area contributed by atoms with Crippen LogP contribution in [-0.4, -0.2) is 44.5 Å². The summed E-state index contributed by atoms with van der Waals surface area (Å²) in [5, 5.41) is 0. The van der Waals surface area contributed by atoms with Gasteiger partial charge in [0.1, 0.15) is 0 Å². The molecule has 1 aliphatic carbocycles. The van der Waals surface area contributed by atoms with E-state index in [1.165, 1.54) is 6.42 Å². The molecule has 2 fully saturated rings. The maximum Gasteiger partial charge on any atom is 0.178 e. The van der Waals surface area contributed by atoms with Gasteiger partial charge in [-0.3, -0.25) is 4.79 Å². The fourth-order valence-electron chi connectivity index (χ4n) is 3.55. The Bertz CT molecular complexity index is 701. The molecule has 0 unspecified atom stereocenters. The standard InChI is InChI=1S/C19H27NO3S/c1-15-11-17(19(21)7-8-20-9-10-20)13-18(12-15)24(22,23)14-16-5-3-2-4-6-16/h11-13,16H,2-10,14H2,1H3. The Morgan fingerprint density at radius 1 is 1.12 bits per heavy atom. The quantitative estimate of drug-likeness (QED) is 0.560. The van der Waals surface area contributed by atoms with E-state index in [9.17, 15) is 13.2 Å². The Balaban J connectivity index is 1.74. The molecule has 0 bridgehead atoms. The number of Topliss-reactive ketones (excluding diaryl/α,β-unsaturated/α-hetero) is 1. The highest BCUT2D eigenvalue weighted by Crippen LogP contribution is 2.28. The topological polar surface area (TPSA) is 54.2 Å². The van der Waals surface area contributed by atoms with Gasteiger partial charge in [-0.15, -0.1) is 0 Å². The average molecular weight is 349 g/mol. The van der Waals surface area contributed by atoms with Crippen LogP contribution in [0.25, 0.3) is 0 Å². The van der Waals surface area contributed by atoms with Crippen LogP contribution >= 0.6 is 0 Å². The molecule has 3 rings (SSSR count). The van der Waals surface area contributed by atoms with E-state index in [1.54, 1.807) is 12.1 Å². The van der Waals surface area contributed by atoms with E-state index in [2.05, 4.69) is 4.90 Å². The highest BCUT2D eigenvalue weighted by Gasteiger charge is 2.24. The first-order chi connectivity index (χ1) is 11.4. The van der Waals surface area contributed by atoms with Crippen molar-refractivity contribution in [3.63, 3.8) is 0 Å². The smallest absolute Gasteiger partial charge is 0.178 e. The van der Waals surface area contributed by atoms with Gasteiger partial charge in [-0.25, -0.2) is 8.42 Å². The molecule has 2 aliphatic rings. The third-order valence-corrected chi connectivity index (χ3v) is 6.97. The zero-order chi connectivity index (χ0) is 17.2. The van der Waals surface area contributed by atoms with Crippen molar-refractivity contribution < 1.29 is 13.2 Å². The molecule has 0 amide bonds. The number of hydrogen-bond acceptors (Lipinski definition) is 4. The van der Waals surface area contributed by atoms with Crippen molar-refractivity contribution in [3.05, 3.63) is 29.3 Å². The van der Waals surface area contributed by atoms with E-state index in [1.807, 2.05) is 13.0 Å². The Hall–Kier alpha value is -1.20. The summed E-state index contributed by atoms with van der Waals surface area (Å²) in [6, 6.07) is 5.11. The van der Waals surface area contributed by atoms with Crippen LogP contribution in [-0.2, 0) is 9.84 Å². The predicted octanol–water partition coefficient (Wildman–Crippen LogP) is 3.24. The number of benzene rings is 1. The van der Waals surface area contributed by atoms with Crippen LogP contribution in [0.1, 0.15) is 54.4 Å². The van der Waals surface area contributed by atoms with Gasteiger partial charge < -0.3 is 4.90 Å². The minimum atomic E-state index is -3.32. The molecule has 1 saturated carbocycles. The lowest BCUT2D eigenvalue weighted by molar-refractivity contribution is 0.0977. The van der Waals surface area contributed by atoms with E-state index in [4.69, 9.17) is 0 Å². The van der Waals surface area contributed by atoms with E-state index >= 15 is 0 Å². The lowest BCUT2D eigenvalue weighted by Crippen LogP contribution is -2.19. The highest BCUT2D eigenvalue weighted by atomic mass is 32.2. The molecule has 4 nitrogen and oxygen atoms in total. The van der Waals surface area contributed by atoms with Gasteiger partial charge in [0, 0.05) is 31.6 Å². The number of carbonyl (C=O) groups is 1. The minimum absolute atomic E-state index is 0.0414. The molecule has 1 aromatic rings. The first-order valence-corrected chi connectivity index (χ1v) is 10.7. The molecule has 5 heteroatoms. The van der Waals surface area contributed by atoms with Crippen LogP contribution in [0.2, 0.25) is 0 Å². The van der Waals surface area contributed by atoms with Crippen LogP contribution in [0.3, 0.4) is 0 Å². The fourth-order valence-corrected chi connectivity index (χ4v) is 5.37. The molecule has 1 heterocycles. The molecule has 1 aliphatic heterocycles. The number of hydrogen-bond donors (Lipinski definition) is 0. The number of rotatable bonds is 7. The summed E-state index contributed by atoms with van der Waals surface area (Å²) in [5.41, 5.74) is 1.38. The van der Waals surface area contributed by atoms with Crippen LogP contribution in [0, 0.1) is 12.8 Å². The Kier molecular flexibility index (Phi) is 5.40. The molecule has 0 spiro atoms. The van der Waals surface area contributed by atoms with Gasteiger partial charge >= 0.3 is 0 Å². The second-order valence-corrected chi connectivity index (χ2v) is 9.37. The molecule has 1 saturated heterocycles. The second-order valence-electron chi connectivity index (χ2n) is 7.34. The summed E-state index contributed by atoms with van der Waals surface area (Å²) in [6.07, 6.45) is 5.96. The van der Waals surface area contributed by atoms with Gasteiger partial charge in [0.2, 0.25) is 0 Å². The molecule has 1 aromatic carbocycles. The van der Waals surface area contributed by atoms with Crippen LogP contribution in [0.4, 0.5) is 0 Å². The van der Waals surface area contributed by atoms with Gasteiger partial charge in [0.25, 0.3) is 0 Å². The third-order valence-electron chi connectivity index (χ3n) is 5.11. The fraction of sp³-hybridized carbons (Fsp3) is 0.632. The molecule has 0 radical (unpaired) electrons. The van der Waals surface area contributed by atoms with Crippen LogP contribution in [0.5, 0.6) is 0 Å². The molecule has 132 valence electrons. The first kappa shape index (κ1) is 17.6. The second kappa shape index (κ2) is 7.36. The Labute approximate surface area is 145 Å². The maximum atomic E-state index is 12.8. The SMILES string of the molecule is Cc1cc(C(=O)CCN2CC2)cc(S(=O)(=O)CC2CCCCC2)c1. The van der Waals surface area contributed by atoms with Crippen molar-refractivity contribution >= 4 is 15.6 Å². The number of carbonyl (C=O) groups excluding carboxylic acids is 1. The predicted molar refractivity (Wildman–Crippen MR) is 95.2 cm³/mol. The normalized spacial score (nSPS) is 19.4. The molecular formula is C19H27NO3S. The molecular weight excluding hydrogens is 322 g/mol. The number of nitrogens with zero attached hydrogens (tertiary/aromatic N) is 1. The van der Waals surface area contributed by atoms with E-state index in [0.29, 0.717) is 16.9 Å². The summed E-state index contributed by atoms with van der Waals surface area (Å²) in [7, 11) is -3.32. The summed E-state index contributed by atoms with van der Waals surface area (Å²) in [5.74, 6) is 0.531. The van der Waals surface area contributed by atoms with Crippen molar-refractivity contribution in [1.82, 2.24) is 4.90 Å². The largest absolute Gasteiger partial charge is 0.300 e. The number of ketones is 1. The van der Waals surface area contributed by atoms with E-state index in [-0.39, 0.29) is 17.5 Å². The molecule has 24 heavy (non-hydrogen) atoms. The molecule has 0 atom stereocenters. The summed E-state index contributed by atoms with van der Waals surface area (Å²) >= 11 is 0. The van der Waals surface area contributed by atoms with E-state index in [0.717, 1.165) is 50.9 Å². The van der Waals surface area contributed by atoms with Gasteiger partial charge in [0.15, 0.2) is 15.6 Å². The van der Waals surface area contributed by atoms with Crippen molar-refractivity contribution in [2.75, 3.05) is 25.4 Å². The van der Waals surface area contributed by atoms with Crippen LogP contribution < -0.4 is 0 Å². The van der Waals surface area contributed by atoms with Crippen molar-refractivity contribution in [2.45, 2.75) is 50.3 Å². The highest BCUT2D eigenvalue weighted by molar-refractivity contribution is 7.91. The van der Waals surface area contributed by atoms with Crippen molar-refractivity contribution in [2.24, 2.45) is 5.92 Å². The third kappa shape index (κ3) is 4.67. The first-order valence-electron chi connectivity index (χ1n) is 9.04. The zero-order valence-corrected chi connectivity index (χ0v) is 15.3. The van der Waals surface area contributed by atoms with Gasteiger partial charge in [0.05, 0.1) is 10.6 Å². The zero-order valence-electron chi connectivity index (χ0n) is 14.5.